The Morgan fingerprint density at radius 1 is 1.16 bits per heavy atom. The number of nitrogens with zero attached hydrogens (tertiary/aromatic N) is 2. The summed E-state index contributed by atoms with van der Waals surface area (Å²) in [6.07, 6.45) is -0.415. The molecule has 1 N–H and O–H groups in total. The molecule has 0 amide bonds. The summed E-state index contributed by atoms with van der Waals surface area (Å²) < 4.78 is 41.7. The quantitative estimate of drug-likeness (QED) is 0.764. The SMILES string of the molecule is Cl.Cl.N=c1sc2cc(C(F)(F)F)cc3c2n1[C@@H](CN1CCCC1)CC3. The largest absolute Gasteiger partial charge is 0.416 e. The van der Waals surface area contributed by atoms with Crippen molar-refractivity contribution in [3.63, 3.8) is 0 Å². The van der Waals surface area contributed by atoms with Gasteiger partial charge in [0.25, 0.3) is 0 Å². The normalized spacial score (nSPS) is 20.4. The first-order valence-electron chi connectivity index (χ1n) is 7.95. The number of aryl methyl sites for hydroxylation is 1. The lowest BCUT2D eigenvalue weighted by Crippen LogP contribution is -2.34. The van der Waals surface area contributed by atoms with E-state index in [9.17, 15) is 13.2 Å². The Morgan fingerprint density at radius 2 is 1.84 bits per heavy atom. The number of benzene rings is 1. The summed E-state index contributed by atoms with van der Waals surface area (Å²) in [5.41, 5.74) is 0.997. The Balaban J connectivity index is 0.00000113. The van der Waals surface area contributed by atoms with Crippen molar-refractivity contribution in [2.45, 2.75) is 37.9 Å². The van der Waals surface area contributed by atoms with E-state index < -0.39 is 11.7 Å². The van der Waals surface area contributed by atoms with Gasteiger partial charge in [0.1, 0.15) is 0 Å². The van der Waals surface area contributed by atoms with Crippen molar-refractivity contribution >= 4 is 46.4 Å². The molecule has 1 fully saturated rings. The van der Waals surface area contributed by atoms with Gasteiger partial charge in [-0.15, -0.1) is 24.8 Å². The number of alkyl halides is 3. The number of halogens is 5. The molecular formula is C16H20Cl2F3N3S. The van der Waals surface area contributed by atoms with Gasteiger partial charge in [-0.3, -0.25) is 5.41 Å². The van der Waals surface area contributed by atoms with Gasteiger partial charge in [0, 0.05) is 12.6 Å². The van der Waals surface area contributed by atoms with Crippen LogP contribution in [0.5, 0.6) is 0 Å². The summed E-state index contributed by atoms with van der Waals surface area (Å²) in [7, 11) is 0. The average Bonchev–Trinajstić information content (AvgIpc) is 3.09. The van der Waals surface area contributed by atoms with E-state index >= 15 is 0 Å². The maximum Gasteiger partial charge on any atom is 0.416 e. The molecule has 9 heteroatoms. The molecule has 25 heavy (non-hydrogen) atoms. The van der Waals surface area contributed by atoms with Crippen molar-refractivity contribution in [2.75, 3.05) is 19.6 Å². The molecule has 0 saturated carbocycles. The van der Waals surface area contributed by atoms with Gasteiger partial charge in [-0.25, -0.2) is 0 Å². The van der Waals surface area contributed by atoms with Crippen LogP contribution in [0.2, 0.25) is 0 Å². The highest BCUT2D eigenvalue weighted by Crippen LogP contribution is 2.38. The molecule has 2 aliphatic heterocycles. The molecule has 0 aliphatic carbocycles. The second kappa shape index (κ2) is 7.47. The molecule has 2 aliphatic rings. The van der Waals surface area contributed by atoms with Gasteiger partial charge in [0.15, 0.2) is 4.80 Å². The standard InChI is InChI=1S/C16H18F3N3S.2ClH/c17-16(18,19)11-7-10-3-4-12(9-21-5-1-2-6-21)22-14(10)13(8-11)23-15(22)20;;/h7-8,12,20H,1-6,9H2;2*1H/t12-;;/m1../s1. The minimum Gasteiger partial charge on any atom is -0.312 e. The van der Waals surface area contributed by atoms with Crippen molar-refractivity contribution in [3.8, 4) is 0 Å². The van der Waals surface area contributed by atoms with Gasteiger partial charge >= 0.3 is 6.18 Å². The molecule has 140 valence electrons. The summed E-state index contributed by atoms with van der Waals surface area (Å²) in [5.74, 6) is 0. The summed E-state index contributed by atoms with van der Waals surface area (Å²) in [6, 6.07) is 2.69. The summed E-state index contributed by atoms with van der Waals surface area (Å²) >= 11 is 1.16. The van der Waals surface area contributed by atoms with E-state index in [0.29, 0.717) is 15.9 Å². The number of likely N-dealkylation sites (tertiary alicyclic amines) is 1. The molecule has 2 aromatic rings. The fourth-order valence-electron chi connectivity index (χ4n) is 3.86. The molecule has 1 atom stereocenters. The number of nitrogens with one attached hydrogen (secondary N) is 1. The van der Waals surface area contributed by atoms with Gasteiger partial charge < -0.3 is 9.47 Å². The third-order valence-electron chi connectivity index (χ3n) is 4.93. The van der Waals surface area contributed by atoms with Crippen LogP contribution in [0.1, 0.15) is 36.4 Å². The van der Waals surface area contributed by atoms with Gasteiger partial charge in [-0.2, -0.15) is 13.2 Å². The monoisotopic (exact) mass is 413 g/mol. The van der Waals surface area contributed by atoms with E-state index in [1.54, 1.807) is 0 Å². The number of hydrogen-bond donors (Lipinski definition) is 1. The van der Waals surface area contributed by atoms with Crippen LogP contribution in [0, 0.1) is 5.41 Å². The predicted octanol–water partition coefficient (Wildman–Crippen LogP) is 4.63. The first kappa shape index (κ1) is 20.6. The van der Waals surface area contributed by atoms with Crippen LogP contribution >= 0.6 is 36.2 Å². The molecule has 0 radical (unpaired) electrons. The van der Waals surface area contributed by atoms with E-state index in [-0.39, 0.29) is 30.9 Å². The van der Waals surface area contributed by atoms with Gasteiger partial charge in [0.05, 0.1) is 15.8 Å². The van der Waals surface area contributed by atoms with Crippen molar-refractivity contribution in [3.05, 3.63) is 28.1 Å². The highest BCUT2D eigenvalue weighted by molar-refractivity contribution is 7.16. The summed E-state index contributed by atoms with van der Waals surface area (Å²) in [4.78, 5) is 2.78. The van der Waals surface area contributed by atoms with E-state index in [4.69, 9.17) is 5.41 Å². The summed E-state index contributed by atoms with van der Waals surface area (Å²) in [5, 5.41) is 8.24. The van der Waals surface area contributed by atoms with Crippen LogP contribution < -0.4 is 4.80 Å². The molecular weight excluding hydrogens is 394 g/mol. The lowest BCUT2D eigenvalue weighted by Gasteiger charge is -2.29. The minimum absolute atomic E-state index is 0. The van der Waals surface area contributed by atoms with Crippen LogP contribution in [-0.2, 0) is 12.6 Å². The van der Waals surface area contributed by atoms with Crippen LogP contribution in [-0.4, -0.2) is 29.1 Å². The summed E-state index contributed by atoms with van der Waals surface area (Å²) in [6.45, 7) is 3.10. The van der Waals surface area contributed by atoms with Crippen molar-refractivity contribution in [2.24, 2.45) is 0 Å². The first-order chi connectivity index (χ1) is 10.9. The topological polar surface area (TPSA) is 32.0 Å². The molecule has 4 rings (SSSR count). The number of hydrogen-bond acceptors (Lipinski definition) is 3. The van der Waals surface area contributed by atoms with Crippen molar-refractivity contribution in [1.29, 1.82) is 5.41 Å². The van der Waals surface area contributed by atoms with Crippen molar-refractivity contribution in [1.82, 2.24) is 9.47 Å². The molecule has 0 unspecified atom stereocenters. The van der Waals surface area contributed by atoms with Gasteiger partial charge in [0.2, 0.25) is 0 Å². The lowest BCUT2D eigenvalue weighted by molar-refractivity contribution is -0.137. The van der Waals surface area contributed by atoms with E-state index in [1.807, 2.05) is 4.57 Å². The maximum absolute atomic E-state index is 13.0. The molecule has 3 heterocycles. The lowest BCUT2D eigenvalue weighted by atomic mass is 9.97. The zero-order chi connectivity index (χ0) is 16.2. The maximum atomic E-state index is 13.0. The van der Waals surface area contributed by atoms with Gasteiger partial charge in [-0.1, -0.05) is 11.3 Å². The number of aromatic nitrogens is 1. The molecule has 1 aromatic heterocycles. The second-order valence-electron chi connectivity index (χ2n) is 6.46. The Labute approximate surface area is 160 Å². The molecule has 1 aromatic carbocycles. The number of rotatable bonds is 2. The Hall–Kier alpha value is -0.760. The molecule has 3 nitrogen and oxygen atoms in total. The fourth-order valence-corrected chi connectivity index (χ4v) is 4.92. The van der Waals surface area contributed by atoms with E-state index in [0.717, 1.165) is 48.5 Å². The smallest absolute Gasteiger partial charge is 0.312 e. The zero-order valence-electron chi connectivity index (χ0n) is 13.4. The minimum atomic E-state index is -4.33. The molecule has 1 saturated heterocycles. The molecule has 0 bridgehead atoms. The van der Waals surface area contributed by atoms with E-state index in [1.165, 1.54) is 25.0 Å². The average molecular weight is 414 g/mol. The second-order valence-corrected chi connectivity index (χ2v) is 7.49. The van der Waals surface area contributed by atoms with E-state index in [2.05, 4.69) is 4.90 Å². The predicted molar refractivity (Wildman–Crippen MR) is 98.2 cm³/mol. The Morgan fingerprint density at radius 3 is 2.48 bits per heavy atom. The van der Waals surface area contributed by atoms with Crippen LogP contribution in [0.4, 0.5) is 13.2 Å². The number of thiazole rings is 1. The molecule has 0 spiro atoms. The zero-order valence-corrected chi connectivity index (χ0v) is 15.9. The third kappa shape index (κ3) is 3.70. The highest BCUT2D eigenvalue weighted by Gasteiger charge is 2.34. The Bertz CT molecular complexity index is 809. The fraction of sp³-hybridized carbons (Fsp3) is 0.562. The third-order valence-corrected chi connectivity index (χ3v) is 5.85. The first-order valence-corrected chi connectivity index (χ1v) is 8.77. The van der Waals surface area contributed by atoms with Crippen LogP contribution in [0.3, 0.4) is 0 Å². The Kier molecular flexibility index (Phi) is 6.14. The van der Waals surface area contributed by atoms with Gasteiger partial charge in [-0.05, 0) is 56.5 Å². The van der Waals surface area contributed by atoms with Crippen molar-refractivity contribution < 1.29 is 13.2 Å². The van der Waals surface area contributed by atoms with Crippen LogP contribution in [0.25, 0.3) is 10.2 Å². The highest BCUT2D eigenvalue weighted by atomic mass is 35.5. The van der Waals surface area contributed by atoms with Crippen LogP contribution in [0.15, 0.2) is 12.1 Å².